The van der Waals surface area contributed by atoms with Gasteiger partial charge in [0, 0.05) is 12.3 Å². The summed E-state index contributed by atoms with van der Waals surface area (Å²) in [4.78, 5) is 11.9. The number of carbonyl (C=O) groups is 1. The number of hydrogen-bond donors (Lipinski definition) is 0. The van der Waals surface area contributed by atoms with Crippen LogP contribution in [0.3, 0.4) is 0 Å². The Morgan fingerprint density at radius 2 is 1.88 bits per heavy atom. The van der Waals surface area contributed by atoms with Crippen LogP contribution in [0.1, 0.15) is 71.1 Å². The first kappa shape index (κ1) is 21.8. The number of carbonyl (C=O) groups excluding carboxylic acids is 1. The molecule has 2 unspecified atom stereocenters. The molecule has 0 N–H and O–H groups in total. The van der Waals surface area contributed by atoms with Crippen molar-refractivity contribution < 1.29 is 23.4 Å². The Labute approximate surface area is 148 Å². The van der Waals surface area contributed by atoms with E-state index in [0.29, 0.717) is 18.7 Å². The first-order chi connectivity index (χ1) is 11.7. The van der Waals surface area contributed by atoms with E-state index in [9.17, 15) is 13.9 Å². The van der Waals surface area contributed by atoms with Gasteiger partial charge in [0.15, 0.2) is 8.46 Å². The van der Waals surface area contributed by atoms with Crippen molar-refractivity contribution in [1.82, 2.24) is 0 Å². The molecule has 1 saturated carbocycles. The fourth-order valence-corrected chi connectivity index (χ4v) is 5.00. The molecule has 0 aliphatic heterocycles. The molecule has 0 bridgehead atoms. The van der Waals surface area contributed by atoms with Crippen molar-refractivity contribution in [1.29, 1.82) is 0 Å². The lowest BCUT2D eigenvalue weighted by atomic mass is 9.98. The van der Waals surface area contributed by atoms with Crippen LogP contribution in [-0.2, 0) is 23.4 Å². The predicted octanol–water partition coefficient (Wildman–Crippen LogP) is 5.03. The topological polar surface area (TPSA) is 69.7 Å². The van der Waals surface area contributed by atoms with E-state index in [-0.39, 0.29) is 33.0 Å². The fraction of sp³-hybridized carbons (Fsp3) is 0.941. The first-order valence-electron chi connectivity index (χ1n) is 9.30. The highest BCUT2D eigenvalue weighted by atomic mass is 31.1. The van der Waals surface area contributed by atoms with E-state index in [0.717, 1.165) is 51.4 Å². The zero-order valence-corrected chi connectivity index (χ0v) is 16.7. The molecule has 0 radical (unpaired) electrons. The second-order valence-electron chi connectivity index (χ2n) is 6.44. The normalized spacial score (nSPS) is 18.4. The Hall–Kier alpha value is -0.240. The van der Waals surface area contributed by atoms with E-state index in [1.807, 2.05) is 6.92 Å². The number of ether oxygens (including phenoxy) is 2. The van der Waals surface area contributed by atoms with Crippen molar-refractivity contribution in [3.63, 3.8) is 0 Å². The first-order valence-corrected chi connectivity index (χ1v) is 12.0. The van der Waals surface area contributed by atoms with Gasteiger partial charge in [-0.25, -0.2) is 4.79 Å². The second-order valence-corrected chi connectivity index (χ2v) is 9.22. The summed E-state index contributed by atoms with van der Waals surface area (Å²) in [6, 6.07) is 0. The van der Waals surface area contributed by atoms with Gasteiger partial charge in [-0.05, 0) is 44.9 Å². The molecule has 1 aliphatic rings. The van der Waals surface area contributed by atoms with E-state index in [4.69, 9.17) is 9.47 Å². The van der Waals surface area contributed by atoms with Crippen molar-refractivity contribution in [3.8, 4) is 0 Å². The number of esters is 1. The van der Waals surface area contributed by atoms with Gasteiger partial charge in [0.25, 0.3) is 0 Å². The fourth-order valence-electron chi connectivity index (χ4n) is 3.00. The number of unbranched alkanes of at least 4 members (excludes halogenated alkanes) is 3. The number of hydrogen-bond acceptors (Lipinski definition) is 5. The van der Waals surface area contributed by atoms with Gasteiger partial charge >= 0.3 is 5.97 Å². The van der Waals surface area contributed by atoms with E-state index in [1.54, 1.807) is 0 Å². The molecule has 24 heavy (non-hydrogen) atoms. The summed E-state index contributed by atoms with van der Waals surface area (Å²) in [7, 11) is -1.63. The minimum Gasteiger partial charge on any atom is -0.461 e. The van der Waals surface area contributed by atoms with Gasteiger partial charge in [-0.15, -0.1) is 0 Å². The van der Waals surface area contributed by atoms with Gasteiger partial charge in [0.05, 0.1) is 0 Å². The molecule has 7 heteroatoms. The molecule has 0 spiro atoms. The monoisotopic (exact) mass is 378 g/mol. The Morgan fingerprint density at radius 3 is 2.54 bits per heavy atom. The van der Waals surface area contributed by atoms with Gasteiger partial charge in [-0.3, -0.25) is 4.57 Å². The third kappa shape index (κ3) is 9.91. The highest BCUT2D eigenvalue weighted by Crippen LogP contribution is 2.33. The third-order valence-electron chi connectivity index (χ3n) is 4.41. The van der Waals surface area contributed by atoms with Crippen LogP contribution in [0, 0.1) is 0 Å². The summed E-state index contributed by atoms with van der Waals surface area (Å²) in [5.74, 6) is -0.652. The van der Waals surface area contributed by atoms with Gasteiger partial charge in [-0.2, -0.15) is 0 Å². The third-order valence-corrected chi connectivity index (χ3v) is 7.04. The number of rotatable bonds is 13. The van der Waals surface area contributed by atoms with Crippen molar-refractivity contribution in [3.05, 3.63) is 0 Å². The van der Waals surface area contributed by atoms with Gasteiger partial charge in [0.2, 0.25) is 0 Å². The maximum absolute atomic E-state index is 12.3. The van der Waals surface area contributed by atoms with Crippen LogP contribution < -0.4 is 0 Å². The lowest BCUT2D eigenvalue weighted by Gasteiger charge is -2.22. The Morgan fingerprint density at radius 1 is 1.17 bits per heavy atom. The standard InChI is InChI=1S/C17H32O5P2/c1-2-17(24(20)13-9-4-3-8-12-23-19)21-14-16(18)22-15-10-6-5-7-11-15/h15,17,24H,2-14H2,1H3. The summed E-state index contributed by atoms with van der Waals surface area (Å²) < 4.78 is 33.6. The average molecular weight is 378 g/mol. The maximum Gasteiger partial charge on any atom is 0.332 e. The Balaban J connectivity index is 2.16. The molecule has 0 amide bonds. The van der Waals surface area contributed by atoms with E-state index < -0.39 is 7.80 Å². The quantitative estimate of drug-likeness (QED) is 0.255. The minimum atomic E-state index is -1.84. The molecule has 1 fully saturated rings. The zero-order valence-electron chi connectivity index (χ0n) is 14.8. The zero-order chi connectivity index (χ0) is 17.6. The molecular formula is C17H32O5P2. The van der Waals surface area contributed by atoms with E-state index in [2.05, 4.69) is 0 Å². The maximum atomic E-state index is 12.3. The smallest absolute Gasteiger partial charge is 0.332 e. The van der Waals surface area contributed by atoms with E-state index >= 15 is 0 Å². The summed E-state index contributed by atoms with van der Waals surface area (Å²) in [6.07, 6.45) is 11.3. The van der Waals surface area contributed by atoms with Crippen LogP contribution in [0.2, 0.25) is 0 Å². The molecule has 2 atom stereocenters. The molecule has 0 saturated heterocycles. The SMILES string of the molecule is CCC(OCC(=O)OC1CCCCC1)[PH](=O)CCCCCCP=O. The molecule has 0 aromatic heterocycles. The molecule has 1 aliphatic carbocycles. The Bertz CT molecular complexity index is 383. The summed E-state index contributed by atoms with van der Waals surface area (Å²) in [6.45, 7) is 1.85. The molecule has 0 heterocycles. The lowest BCUT2D eigenvalue weighted by molar-refractivity contribution is -0.156. The summed E-state index contributed by atoms with van der Waals surface area (Å²) in [5.41, 5.74) is 0. The lowest BCUT2D eigenvalue weighted by Crippen LogP contribution is -2.25. The molecule has 1 rings (SSSR count). The van der Waals surface area contributed by atoms with Crippen LogP contribution in [0.4, 0.5) is 0 Å². The summed E-state index contributed by atoms with van der Waals surface area (Å²) >= 11 is 0. The van der Waals surface area contributed by atoms with Crippen LogP contribution in [-0.4, -0.2) is 36.8 Å². The van der Waals surface area contributed by atoms with Crippen molar-refractivity contribution in [2.45, 2.75) is 83.1 Å². The van der Waals surface area contributed by atoms with Crippen molar-refractivity contribution in [2.24, 2.45) is 0 Å². The molecule has 140 valence electrons. The van der Waals surface area contributed by atoms with Gasteiger partial charge < -0.3 is 14.0 Å². The summed E-state index contributed by atoms with van der Waals surface area (Å²) in [5, 5.41) is 0. The van der Waals surface area contributed by atoms with Crippen LogP contribution in [0.25, 0.3) is 0 Å². The minimum absolute atomic E-state index is 0.0421. The van der Waals surface area contributed by atoms with Crippen LogP contribution >= 0.6 is 16.3 Å². The Kier molecular flexibility index (Phi) is 12.7. The van der Waals surface area contributed by atoms with Crippen LogP contribution in [0.5, 0.6) is 0 Å². The van der Waals surface area contributed by atoms with Crippen molar-refractivity contribution >= 4 is 22.2 Å². The molecule has 5 nitrogen and oxygen atoms in total. The van der Waals surface area contributed by atoms with E-state index in [1.165, 1.54) is 6.42 Å². The van der Waals surface area contributed by atoms with Gasteiger partial charge in [0.1, 0.15) is 26.4 Å². The largest absolute Gasteiger partial charge is 0.461 e. The highest BCUT2D eigenvalue weighted by molar-refractivity contribution is 7.45. The molecule has 0 aromatic rings. The van der Waals surface area contributed by atoms with Crippen molar-refractivity contribution in [2.75, 3.05) is 18.9 Å². The van der Waals surface area contributed by atoms with Crippen LogP contribution in [0.15, 0.2) is 0 Å². The highest BCUT2D eigenvalue weighted by Gasteiger charge is 2.20. The second kappa shape index (κ2) is 14.0. The van der Waals surface area contributed by atoms with Gasteiger partial charge in [-0.1, -0.05) is 26.2 Å². The average Bonchev–Trinajstić information content (AvgIpc) is 2.59. The predicted molar refractivity (Wildman–Crippen MR) is 97.8 cm³/mol. The molecular weight excluding hydrogens is 346 g/mol. The molecule has 0 aromatic carbocycles.